The van der Waals surface area contributed by atoms with E-state index in [0.717, 1.165) is 0 Å². The second-order valence-electron chi connectivity index (χ2n) is 4.82. The number of rotatable bonds is 3. The van der Waals surface area contributed by atoms with Crippen LogP contribution in [0.1, 0.15) is 18.0 Å². The third-order valence-electron chi connectivity index (χ3n) is 2.41. The minimum Gasteiger partial charge on any atom is -0.300 e. The van der Waals surface area contributed by atoms with Crippen LogP contribution in [0.15, 0.2) is 30.3 Å². The van der Waals surface area contributed by atoms with Gasteiger partial charge in [0.1, 0.15) is 5.78 Å². The van der Waals surface area contributed by atoms with Gasteiger partial charge in [0, 0.05) is 5.54 Å². The van der Waals surface area contributed by atoms with E-state index in [-0.39, 0.29) is 5.54 Å². The van der Waals surface area contributed by atoms with E-state index in [1.54, 1.807) is 6.92 Å². The Labute approximate surface area is 87.2 Å². The summed E-state index contributed by atoms with van der Waals surface area (Å²) >= 11 is 0. The topological polar surface area (TPSA) is 17.1 Å². The average Bonchev–Trinajstić information content (AvgIpc) is 2.02. The number of carbonyl (C=O) groups excluding carboxylic acids is 1. The zero-order valence-corrected chi connectivity index (χ0v) is 10.4. The second-order valence-corrected chi connectivity index (χ2v) is 10.1. The molecule has 0 saturated heterocycles. The summed E-state index contributed by atoms with van der Waals surface area (Å²) in [5.41, 5.74) is 1.32. The molecule has 0 aliphatic rings. The first kappa shape index (κ1) is 11.2. The summed E-state index contributed by atoms with van der Waals surface area (Å²) in [4.78, 5) is 11.6. The second kappa shape index (κ2) is 4.09. The highest BCUT2D eigenvalue weighted by molar-refractivity contribution is 6.80. The van der Waals surface area contributed by atoms with Gasteiger partial charge in [0.25, 0.3) is 0 Å². The lowest BCUT2D eigenvalue weighted by Gasteiger charge is -2.26. The lowest BCUT2D eigenvalue weighted by Crippen LogP contribution is -2.35. The van der Waals surface area contributed by atoms with Crippen LogP contribution in [0.5, 0.6) is 0 Å². The molecule has 0 spiro atoms. The summed E-state index contributed by atoms with van der Waals surface area (Å²) in [7, 11) is -1.44. The van der Waals surface area contributed by atoms with E-state index in [1.165, 1.54) is 5.56 Å². The van der Waals surface area contributed by atoms with Crippen LogP contribution in [0.3, 0.4) is 0 Å². The van der Waals surface area contributed by atoms with Crippen molar-refractivity contribution in [1.29, 1.82) is 0 Å². The largest absolute Gasteiger partial charge is 0.300 e. The Kier molecular flexibility index (Phi) is 3.27. The lowest BCUT2D eigenvalue weighted by molar-refractivity contribution is -0.116. The maximum absolute atomic E-state index is 11.6. The molecule has 2 heteroatoms. The molecule has 0 amide bonds. The molecule has 0 aliphatic carbocycles. The van der Waals surface area contributed by atoms with Crippen LogP contribution in [0.4, 0.5) is 0 Å². The highest BCUT2D eigenvalue weighted by atomic mass is 28.3. The Morgan fingerprint density at radius 2 is 1.64 bits per heavy atom. The van der Waals surface area contributed by atoms with Gasteiger partial charge in [-0.3, -0.25) is 4.79 Å². The Morgan fingerprint density at radius 3 is 2.00 bits per heavy atom. The van der Waals surface area contributed by atoms with Gasteiger partial charge in [0.15, 0.2) is 0 Å². The van der Waals surface area contributed by atoms with E-state index in [1.807, 2.05) is 18.2 Å². The monoisotopic (exact) mass is 206 g/mol. The number of Topliss-reactive ketones (excluding diaryl/α,β-unsaturated/α-hetero) is 1. The quantitative estimate of drug-likeness (QED) is 0.694. The fraction of sp³-hybridized carbons (Fsp3) is 0.417. The van der Waals surface area contributed by atoms with E-state index < -0.39 is 8.07 Å². The zero-order chi connectivity index (χ0) is 10.8. The highest BCUT2D eigenvalue weighted by Crippen LogP contribution is 2.27. The number of ketones is 1. The first-order valence-corrected chi connectivity index (χ1v) is 8.56. The molecular formula is C12H18OSi. The van der Waals surface area contributed by atoms with Gasteiger partial charge in [-0.25, -0.2) is 0 Å². The van der Waals surface area contributed by atoms with Gasteiger partial charge in [0.2, 0.25) is 0 Å². The van der Waals surface area contributed by atoms with Crippen molar-refractivity contribution >= 4 is 13.9 Å². The maximum Gasteiger partial charge on any atom is 0.134 e. The van der Waals surface area contributed by atoms with E-state index in [2.05, 4.69) is 31.8 Å². The molecule has 1 unspecified atom stereocenters. The van der Waals surface area contributed by atoms with E-state index in [9.17, 15) is 4.79 Å². The van der Waals surface area contributed by atoms with E-state index in [0.29, 0.717) is 5.78 Å². The molecule has 1 rings (SSSR count). The predicted octanol–water partition coefficient (Wildman–Crippen LogP) is 3.24. The summed E-state index contributed by atoms with van der Waals surface area (Å²) < 4.78 is 0. The Bertz CT molecular complexity index is 311. The maximum atomic E-state index is 11.6. The van der Waals surface area contributed by atoms with Gasteiger partial charge < -0.3 is 0 Å². The van der Waals surface area contributed by atoms with Gasteiger partial charge in [0.05, 0.1) is 8.07 Å². The molecular weight excluding hydrogens is 188 g/mol. The predicted molar refractivity (Wildman–Crippen MR) is 63.2 cm³/mol. The molecule has 1 nitrogen and oxygen atoms in total. The SMILES string of the molecule is CC(=O)C(c1ccccc1)[Si](C)(C)C. The number of hydrogen-bond donors (Lipinski definition) is 0. The lowest BCUT2D eigenvalue weighted by atomic mass is 10.1. The van der Waals surface area contributed by atoms with Crippen molar-refractivity contribution in [1.82, 2.24) is 0 Å². The van der Waals surface area contributed by atoms with Crippen molar-refractivity contribution in [3.8, 4) is 0 Å². The van der Waals surface area contributed by atoms with Crippen molar-refractivity contribution in [2.75, 3.05) is 0 Å². The van der Waals surface area contributed by atoms with Gasteiger partial charge in [-0.1, -0.05) is 50.0 Å². The molecule has 14 heavy (non-hydrogen) atoms. The van der Waals surface area contributed by atoms with Crippen LogP contribution in [-0.4, -0.2) is 13.9 Å². The molecule has 1 aromatic rings. The molecule has 1 atom stereocenters. The van der Waals surface area contributed by atoms with Crippen molar-refractivity contribution in [3.05, 3.63) is 35.9 Å². The van der Waals surface area contributed by atoms with Crippen molar-refractivity contribution in [2.45, 2.75) is 32.1 Å². The minimum atomic E-state index is -1.44. The third kappa shape index (κ3) is 2.55. The number of hydrogen-bond acceptors (Lipinski definition) is 1. The smallest absolute Gasteiger partial charge is 0.134 e. The molecule has 0 fully saturated rings. The van der Waals surface area contributed by atoms with Crippen LogP contribution >= 0.6 is 0 Å². The molecule has 0 aliphatic heterocycles. The Hall–Kier alpha value is -0.893. The summed E-state index contributed by atoms with van der Waals surface area (Å²) in [6.45, 7) is 8.43. The molecule has 76 valence electrons. The first-order chi connectivity index (χ1) is 6.43. The van der Waals surface area contributed by atoms with Gasteiger partial charge in [-0.15, -0.1) is 0 Å². The van der Waals surface area contributed by atoms with Crippen molar-refractivity contribution < 1.29 is 4.79 Å². The Balaban J connectivity index is 3.08. The van der Waals surface area contributed by atoms with Gasteiger partial charge in [-0.2, -0.15) is 0 Å². The standard InChI is InChI=1S/C12H18OSi/c1-10(13)12(14(2,3)4)11-8-6-5-7-9-11/h5-9,12H,1-4H3. The van der Waals surface area contributed by atoms with Crippen molar-refractivity contribution in [3.63, 3.8) is 0 Å². The van der Waals surface area contributed by atoms with Crippen LogP contribution in [0.25, 0.3) is 0 Å². The minimum absolute atomic E-state index is 0.142. The molecule has 0 heterocycles. The normalized spacial score (nSPS) is 13.7. The van der Waals surface area contributed by atoms with Crippen LogP contribution in [-0.2, 0) is 4.79 Å². The van der Waals surface area contributed by atoms with Crippen LogP contribution in [0.2, 0.25) is 19.6 Å². The van der Waals surface area contributed by atoms with Gasteiger partial charge >= 0.3 is 0 Å². The molecule has 0 bridgehead atoms. The van der Waals surface area contributed by atoms with Crippen LogP contribution in [0, 0.1) is 0 Å². The molecule has 0 saturated carbocycles. The zero-order valence-electron chi connectivity index (χ0n) is 9.37. The number of carbonyl (C=O) groups is 1. The fourth-order valence-electron chi connectivity index (χ4n) is 1.99. The fourth-order valence-corrected chi connectivity index (χ4v) is 4.40. The molecule has 0 radical (unpaired) electrons. The molecule has 1 aromatic carbocycles. The summed E-state index contributed by atoms with van der Waals surface area (Å²) in [5.74, 6) is 0.301. The molecule has 0 N–H and O–H groups in total. The summed E-state index contributed by atoms with van der Waals surface area (Å²) in [5, 5.41) is 0. The first-order valence-electron chi connectivity index (χ1n) is 4.98. The van der Waals surface area contributed by atoms with E-state index >= 15 is 0 Å². The van der Waals surface area contributed by atoms with Crippen molar-refractivity contribution in [2.24, 2.45) is 0 Å². The van der Waals surface area contributed by atoms with Gasteiger partial charge in [-0.05, 0) is 12.5 Å². The third-order valence-corrected chi connectivity index (χ3v) is 4.88. The Morgan fingerprint density at radius 1 is 1.14 bits per heavy atom. The van der Waals surface area contributed by atoms with Crippen LogP contribution < -0.4 is 0 Å². The highest BCUT2D eigenvalue weighted by Gasteiger charge is 2.31. The summed E-state index contributed by atoms with van der Waals surface area (Å²) in [6.07, 6.45) is 0. The molecule has 0 aromatic heterocycles. The number of benzene rings is 1. The average molecular weight is 206 g/mol. The van der Waals surface area contributed by atoms with E-state index in [4.69, 9.17) is 0 Å². The summed E-state index contributed by atoms with van der Waals surface area (Å²) in [6, 6.07) is 10.1.